The van der Waals surface area contributed by atoms with Crippen LogP contribution in [-0.4, -0.2) is 135 Å². The third-order valence-corrected chi connectivity index (χ3v) is 11.0. The van der Waals surface area contributed by atoms with Gasteiger partial charge in [-0.15, -0.1) is 0 Å². The van der Waals surface area contributed by atoms with Crippen LogP contribution in [0.15, 0.2) is 0 Å². The highest BCUT2D eigenvalue weighted by Crippen LogP contribution is 2.25. The summed E-state index contributed by atoms with van der Waals surface area (Å²) in [5, 5.41) is 48.4. The molecule has 18 heteroatoms. The number of carbonyl (C=O) groups excluding carboxylic acids is 5. The van der Waals surface area contributed by atoms with Crippen molar-refractivity contribution in [3.05, 3.63) is 0 Å². The zero-order chi connectivity index (χ0) is 45.7. The first-order valence-electron chi connectivity index (χ1n) is 22.7. The first-order valence-corrected chi connectivity index (χ1v) is 22.7. The average molecular weight is 873 g/mol. The lowest BCUT2D eigenvalue weighted by molar-refractivity contribution is -0.268. The van der Waals surface area contributed by atoms with Gasteiger partial charge in [-0.05, 0) is 46.0 Å². The molecule has 0 aromatic rings. The van der Waals surface area contributed by atoms with E-state index in [4.69, 9.17) is 20.9 Å². The summed E-state index contributed by atoms with van der Waals surface area (Å²) in [4.78, 5) is 76.0. The minimum Gasteiger partial charge on any atom is -0.480 e. The van der Waals surface area contributed by atoms with Gasteiger partial charge in [0, 0.05) is 32.9 Å². The number of amides is 5. The summed E-state index contributed by atoms with van der Waals surface area (Å²) in [6.45, 7) is 5.66. The van der Waals surface area contributed by atoms with Crippen LogP contribution in [0.1, 0.15) is 163 Å². The fourth-order valence-electron chi connectivity index (χ4n) is 7.55. The summed E-state index contributed by atoms with van der Waals surface area (Å²) in [6.07, 6.45) is 12.8. The molecule has 61 heavy (non-hydrogen) atoms. The number of carboxylic acid groups (broad SMARTS) is 1. The Labute approximate surface area is 363 Å². The Balaban J connectivity index is 2.52. The smallest absolute Gasteiger partial charge is 0.326 e. The van der Waals surface area contributed by atoms with Crippen LogP contribution in [0.25, 0.3) is 0 Å². The molecule has 1 saturated heterocycles. The molecule has 1 heterocycles. The van der Waals surface area contributed by atoms with Crippen LogP contribution in [0.5, 0.6) is 0 Å². The van der Waals surface area contributed by atoms with E-state index in [-0.39, 0.29) is 31.7 Å². The molecule has 1 aliphatic rings. The third kappa shape index (κ3) is 23.6. The number of hydrogen-bond acceptors (Lipinski definition) is 12. The number of primary amides is 1. The van der Waals surface area contributed by atoms with Gasteiger partial charge in [0.25, 0.3) is 0 Å². The largest absolute Gasteiger partial charge is 0.480 e. The van der Waals surface area contributed by atoms with Crippen LogP contribution < -0.4 is 27.4 Å². The second kappa shape index (κ2) is 32.3. The maximum atomic E-state index is 13.3. The van der Waals surface area contributed by atoms with Crippen molar-refractivity contribution in [3.63, 3.8) is 0 Å². The lowest BCUT2D eigenvalue weighted by Crippen LogP contribution is -2.65. The van der Waals surface area contributed by atoms with Crippen LogP contribution >= 0.6 is 0 Å². The highest BCUT2D eigenvalue weighted by Gasteiger charge is 2.46. The van der Waals surface area contributed by atoms with Crippen molar-refractivity contribution in [2.45, 2.75) is 217 Å². The van der Waals surface area contributed by atoms with Crippen LogP contribution in [0.2, 0.25) is 0 Å². The Kier molecular flexibility index (Phi) is 29.4. The van der Waals surface area contributed by atoms with Crippen molar-refractivity contribution < 1.29 is 58.7 Å². The molecule has 18 nitrogen and oxygen atoms in total. The highest BCUT2D eigenvalue weighted by molar-refractivity contribution is 5.89. The maximum absolute atomic E-state index is 13.3. The van der Waals surface area contributed by atoms with Crippen LogP contribution in [0.4, 0.5) is 0 Å². The topological polar surface area (TPSA) is 293 Å². The molecule has 0 bridgehead atoms. The molecular formula is C43H80N6O12. The predicted octanol–water partition coefficient (Wildman–Crippen LogP) is 2.26. The predicted molar refractivity (Wildman–Crippen MR) is 229 cm³/mol. The number of nitrogens with one attached hydrogen (secondary N) is 3. The maximum Gasteiger partial charge on any atom is 0.326 e. The van der Waals surface area contributed by atoms with Crippen molar-refractivity contribution in [2.75, 3.05) is 19.7 Å². The second-order valence-corrected chi connectivity index (χ2v) is 16.6. The Morgan fingerprint density at radius 1 is 0.787 bits per heavy atom. The molecule has 1 unspecified atom stereocenters. The van der Waals surface area contributed by atoms with E-state index >= 15 is 0 Å². The fourth-order valence-corrected chi connectivity index (χ4v) is 7.55. The summed E-state index contributed by atoms with van der Waals surface area (Å²) < 4.78 is 11.2. The normalized spacial score (nSPS) is 20.8. The van der Waals surface area contributed by atoms with Gasteiger partial charge in [0.05, 0.1) is 18.8 Å². The van der Waals surface area contributed by atoms with E-state index < -0.39 is 91.1 Å². The molecule has 9 atom stereocenters. The van der Waals surface area contributed by atoms with E-state index in [1.54, 1.807) is 0 Å². The quantitative estimate of drug-likeness (QED) is 0.0414. The first-order chi connectivity index (χ1) is 29.0. The number of carbonyl (C=O) groups is 6. The van der Waals surface area contributed by atoms with Gasteiger partial charge >= 0.3 is 5.97 Å². The van der Waals surface area contributed by atoms with Crippen molar-refractivity contribution >= 4 is 35.5 Å². The Hall–Kier alpha value is -3.42. The Bertz CT molecular complexity index is 1290. The fraction of sp³-hybridized carbons (Fsp3) is 0.860. The summed E-state index contributed by atoms with van der Waals surface area (Å²) >= 11 is 0. The minimum atomic E-state index is -1.66. The van der Waals surface area contributed by atoms with Gasteiger partial charge in [-0.2, -0.15) is 0 Å². The molecule has 0 aromatic carbocycles. The number of hydrogen-bond donors (Lipinski definition) is 9. The molecule has 5 amide bonds. The van der Waals surface area contributed by atoms with Crippen molar-refractivity contribution in [1.82, 2.24) is 20.9 Å². The molecule has 0 aliphatic carbocycles. The zero-order valence-electron chi connectivity index (χ0n) is 37.3. The number of ether oxygens (including phenoxy) is 2. The summed E-state index contributed by atoms with van der Waals surface area (Å²) in [7, 11) is 0. The Morgan fingerprint density at radius 3 is 1.84 bits per heavy atom. The van der Waals surface area contributed by atoms with Crippen molar-refractivity contribution in [1.29, 1.82) is 0 Å². The van der Waals surface area contributed by atoms with Gasteiger partial charge in [0.2, 0.25) is 29.5 Å². The number of nitrogens with zero attached hydrogens (tertiary/aromatic N) is 1. The number of aliphatic hydroxyl groups is 3. The van der Waals surface area contributed by atoms with Gasteiger partial charge in [0.1, 0.15) is 36.4 Å². The van der Waals surface area contributed by atoms with Gasteiger partial charge in [-0.25, -0.2) is 4.79 Å². The van der Waals surface area contributed by atoms with Gasteiger partial charge in [0.15, 0.2) is 6.29 Å². The molecule has 354 valence electrons. The van der Waals surface area contributed by atoms with Crippen LogP contribution in [0, 0.1) is 0 Å². The summed E-state index contributed by atoms with van der Waals surface area (Å²) in [5.74, 6) is -4.24. The SMILES string of the molecule is CCCCCCCCCCCCCCCCCC(=O)NCCCC[C@H](NC(=O)CC[C@H](C(N)=O)N(CC(C)O[C@H]1[C@H](O)[C@@H](CO)O[C@H](O)[C@@H]1NC(C)=O)C(=O)[C@H](C)N)C(=O)O. The lowest BCUT2D eigenvalue weighted by atomic mass is 9.96. The van der Waals surface area contributed by atoms with Crippen molar-refractivity contribution in [2.24, 2.45) is 11.5 Å². The van der Waals surface area contributed by atoms with E-state index in [2.05, 4.69) is 22.9 Å². The Morgan fingerprint density at radius 2 is 1.34 bits per heavy atom. The zero-order valence-corrected chi connectivity index (χ0v) is 37.3. The molecule has 0 radical (unpaired) electrons. The first kappa shape index (κ1) is 55.6. The standard InChI is InChI=1S/C43H80N6O12/c1-5-6-7-8-9-10-11-12-13-14-15-16-17-18-19-23-35(52)46-26-21-20-22-32(42(57)58)48-36(53)25-24-33(40(45)55)49(41(56)30(3)44)27-29(2)60-39-37(47-31(4)51)43(59)61-34(28-50)38(39)54/h29-30,32-34,37-39,43,50,54,59H,5-28,44H2,1-4H3,(H2,45,55)(H,46,52)(H,47,51)(H,48,53)(H,57,58)/t29?,30-,32-,33+,34+,37+,38+,39+,43-/m0/s1. The number of nitrogens with two attached hydrogens (primary N) is 2. The number of aliphatic hydroxyl groups excluding tert-OH is 3. The molecular weight excluding hydrogens is 793 g/mol. The van der Waals surface area contributed by atoms with Gasteiger partial charge in [-0.3, -0.25) is 24.0 Å². The van der Waals surface area contributed by atoms with Crippen molar-refractivity contribution in [3.8, 4) is 0 Å². The number of unbranched alkanes of at least 4 members (excludes halogenated alkanes) is 15. The lowest BCUT2D eigenvalue weighted by Gasteiger charge is -2.44. The molecule has 0 saturated carbocycles. The molecule has 1 fully saturated rings. The van der Waals surface area contributed by atoms with Gasteiger partial charge < -0.3 is 62.2 Å². The third-order valence-electron chi connectivity index (χ3n) is 11.0. The molecule has 1 aliphatic heterocycles. The monoisotopic (exact) mass is 873 g/mol. The van der Waals surface area contributed by atoms with E-state index in [9.17, 15) is 49.2 Å². The minimum absolute atomic E-state index is 0.0382. The van der Waals surface area contributed by atoms with E-state index in [0.29, 0.717) is 25.8 Å². The second-order valence-electron chi connectivity index (χ2n) is 16.6. The number of rotatable bonds is 35. The molecule has 0 spiro atoms. The van der Waals surface area contributed by atoms with E-state index in [0.717, 1.165) is 24.2 Å². The number of carboxylic acids is 1. The molecule has 11 N–H and O–H groups in total. The summed E-state index contributed by atoms with van der Waals surface area (Å²) in [5.41, 5.74) is 11.6. The highest BCUT2D eigenvalue weighted by atomic mass is 16.6. The van der Waals surface area contributed by atoms with E-state index in [1.165, 1.54) is 97.8 Å². The van der Waals surface area contributed by atoms with Crippen LogP contribution in [-0.2, 0) is 38.2 Å². The molecule has 1 rings (SSSR count). The molecule has 0 aromatic heterocycles. The number of aliphatic carboxylic acids is 1. The van der Waals surface area contributed by atoms with E-state index in [1.807, 2.05) is 0 Å². The summed E-state index contributed by atoms with van der Waals surface area (Å²) in [6, 6.07) is -4.98. The average Bonchev–Trinajstić information content (AvgIpc) is 3.20. The van der Waals surface area contributed by atoms with Gasteiger partial charge in [-0.1, -0.05) is 96.8 Å². The van der Waals surface area contributed by atoms with Crippen LogP contribution in [0.3, 0.4) is 0 Å².